The number of nitrogens with one attached hydrogen (secondary N) is 2. The van der Waals surface area contributed by atoms with Gasteiger partial charge in [0.05, 0.1) is 11.3 Å². The topological polar surface area (TPSA) is 78.4 Å². The monoisotopic (exact) mass is 332 g/mol. The van der Waals surface area contributed by atoms with Gasteiger partial charge < -0.3 is 15.7 Å². The number of phenolic OH excluding ortho intramolecular Hbond substituents is 1. The number of hydrogen-bond acceptors (Lipinski definition) is 3. The Morgan fingerprint density at radius 3 is 2.04 bits per heavy atom. The van der Waals surface area contributed by atoms with E-state index >= 15 is 0 Å². The van der Waals surface area contributed by atoms with E-state index in [1.54, 1.807) is 60.7 Å². The Morgan fingerprint density at radius 2 is 1.32 bits per heavy atom. The summed E-state index contributed by atoms with van der Waals surface area (Å²) in [6.07, 6.45) is 0. The molecule has 0 spiro atoms. The van der Waals surface area contributed by atoms with Gasteiger partial charge in [0.1, 0.15) is 5.75 Å². The van der Waals surface area contributed by atoms with Crippen molar-refractivity contribution in [2.75, 3.05) is 10.6 Å². The average Bonchev–Trinajstić information content (AvgIpc) is 2.64. The molecule has 0 unspecified atom stereocenters. The number of carbonyl (C=O) groups is 2. The van der Waals surface area contributed by atoms with E-state index < -0.39 is 0 Å². The molecule has 5 nitrogen and oxygen atoms in total. The highest BCUT2D eigenvalue weighted by atomic mass is 16.3. The van der Waals surface area contributed by atoms with Gasteiger partial charge >= 0.3 is 0 Å². The van der Waals surface area contributed by atoms with Gasteiger partial charge in [0, 0.05) is 11.3 Å². The zero-order chi connectivity index (χ0) is 17.6. The lowest BCUT2D eigenvalue weighted by molar-refractivity contribution is 0.102. The summed E-state index contributed by atoms with van der Waals surface area (Å²) in [4.78, 5) is 24.8. The lowest BCUT2D eigenvalue weighted by Crippen LogP contribution is -2.18. The van der Waals surface area contributed by atoms with Gasteiger partial charge in [-0.25, -0.2) is 0 Å². The van der Waals surface area contributed by atoms with E-state index in [1.165, 1.54) is 12.1 Å². The molecule has 0 radical (unpaired) electrons. The molecule has 0 saturated carbocycles. The molecule has 0 fully saturated rings. The minimum absolute atomic E-state index is 0.119. The Kier molecular flexibility index (Phi) is 4.76. The predicted octanol–water partition coefficient (Wildman–Crippen LogP) is 3.90. The highest BCUT2D eigenvalue weighted by molar-refractivity contribution is 6.12. The van der Waals surface area contributed by atoms with Crippen molar-refractivity contribution in [3.8, 4) is 5.75 Å². The second-order valence-electron chi connectivity index (χ2n) is 5.37. The molecule has 0 atom stereocenters. The van der Waals surface area contributed by atoms with Crippen LogP contribution < -0.4 is 10.6 Å². The van der Waals surface area contributed by atoms with Crippen molar-refractivity contribution < 1.29 is 14.7 Å². The maximum absolute atomic E-state index is 12.5. The van der Waals surface area contributed by atoms with Gasteiger partial charge in [-0.15, -0.1) is 0 Å². The van der Waals surface area contributed by atoms with Crippen molar-refractivity contribution in [1.82, 2.24) is 0 Å². The number of hydrogen-bond donors (Lipinski definition) is 3. The van der Waals surface area contributed by atoms with Crippen LogP contribution in [-0.4, -0.2) is 16.9 Å². The standard InChI is InChI=1S/C20H16N2O3/c23-16-12-10-15(11-13-16)21-20(25)17-8-4-5-9-18(17)22-19(24)14-6-2-1-3-7-14/h1-13,23H,(H,21,25)(H,22,24). The average molecular weight is 332 g/mol. The molecule has 3 N–H and O–H groups in total. The van der Waals surface area contributed by atoms with Crippen molar-refractivity contribution in [1.29, 1.82) is 0 Å². The van der Waals surface area contributed by atoms with Crippen LogP contribution >= 0.6 is 0 Å². The highest BCUT2D eigenvalue weighted by Gasteiger charge is 2.14. The van der Waals surface area contributed by atoms with Crippen molar-refractivity contribution in [3.05, 3.63) is 90.0 Å². The summed E-state index contributed by atoms with van der Waals surface area (Å²) in [5.41, 5.74) is 1.83. The molecular formula is C20H16N2O3. The fourth-order valence-electron chi connectivity index (χ4n) is 2.32. The number of carbonyl (C=O) groups excluding carboxylic acids is 2. The lowest BCUT2D eigenvalue weighted by Gasteiger charge is -2.11. The van der Waals surface area contributed by atoms with Gasteiger partial charge in [-0.05, 0) is 48.5 Å². The predicted molar refractivity (Wildman–Crippen MR) is 96.9 cm³/mol. The van der Waals surface area contributed by atoms with Crippen LogP contribution in [0.5, 0.6) is 5.75 Å². The van der Waals surface area contributed by atoms with Gasteiger partial charge in [0.25, 0.3) is 11.8 Å². The Hall–Kier alpha value is -3.60. The molecule has 5 heteroatoms. The SMILES string of the molecule is O=C(Nc1ccccc1C(=O)Nc1ccc(O)cc1)c1ccccc1. The smallest absolute Gasteiger partial charge is 0.257 e. The van der Waals surface area contributed by atoms with Crippen LogP contribution in [-0.2, 0) is 0 Å². The molecule has 2 amide bonds. The Bertz CT molecular complexity index is 890. The number of para-hydroxylation sites is 1. The summed E-state index contributed by atoms with van der Waals surface area (Å²) >= 11 is 0. The number of rotatable bonds is 4. The highest BCUT2D eigenvalue weighted by Crippen LogP contribution is 2.19. The van der Waals surface area contributed by atoms with Gasteiger partial charge in [0.15, 0.2) is 0 Å². The van der Waals surface area contributed by atoms with Gasteiger partial charge in [0.2, 0.25) is 0 Å². The van der Waals surface area contributed by atoms with E-state index in [0.717, 1.165) is 0 Å². The Labute approximate surface area is 144 Å². The number of phenols is 1. The van der Waals surface area contributed by atoms with Crippen LogP contribution in [0.3, 0.4) is 0 Å². The molecule has 124 valence electrons. The second-order valence-corrected chi connectivity index (χ2v) is 5.37. The summed E-state index contributed by atoms with van der Waals surface area (Å²) in [6.45, 7) is 0. The van der Waals surface area contributed by atoms with Gasteiger partial charge in [-0.1, -0.05) is 30.3 Å². The normalized spacial score (nSPS) is 10.1. The van der Waals surface area contributed by atoms with Crippen LogP contribution in [0.25, 0.3) is 0 Å². The van der Waals surface area contributed by atoms with E-state index in [1.807, 2.05) is 6.07 Å². The number of aromatic hydroxyl groups is 1. The number of anilines is 2. The third kappa shape index (κ3) is 4.03. The van der Waals surface area contributed by atoms with Crippen molar-refractivity contribution in [2.45, 2.75) is 0 Å². The molecule has 25 heavy (non-hydrogen) atoms. The van der Waals surface area contributed by atoms with E-state index in [9.17, 15) is 14.7 Å². The van der Waals surface area contributed by atoms with E-state index in [0.29, 0.717) is 22.5 Å². The molecule has 0 aliphatic rings. The molecule has 3 rings (SSSR count). The largest absolute Gasteiger partial charge is 0.508 e. The summed E-state index contributed by atoms with van der Waals surface area (Å²) < 4.78 is 0. The maximum Gasteiger partial charge on any atom is 0.257 e. The van der Waals surface area contributed by atoms with E-state index in [4.69, 9.17) is 0 Å². The summed E-state index contributed by atoms with van der Waals surface area (Å²) in [5.74, 6) is -0.520. The first-order valence-electron chi connectivity index (χ1n) is 7.69. The lowest BCUT2D eigenvalue weighted by atomic mass is 10.1. The Balaban J connectivity index is 1.79. The fraction of sp³-hybridized carbons (Fsp3) is 0. The van der Waals surface area contributed by atoms with Crippen LogP contribution in [0.15, 0.2) is 78.9 Å². The van der Waals surface area contributed by atoms with Crippen molar-refractivity contribution in [3.63, 3.8) is 0 Å². The molecule has 3 aromatic rings. The first-order valence-corrected chi connectivity index (χ1v) is 7.69. The molecule has 0 bridgehead atoms. The van der Waals surface area contributed by atoms with Crippen molar-refractivity contribution in [2.24, 2.45) is 0 Å². The summed E-state index contributed by atoms with van der Waals surface area (Å²) in [6, 6.07) is 21.7. The second kappa shape index (κ2) is 7.31. The van der Waals surface area contributed by atoms with E-state index in [-0.39, 0.29) is 17.6 Å². The first kappa shape index (κ1) is 16.3. The minimum Gasteiger partial charge on any atom is -0.508 e. The quantitative estimate of drug-likeness (QED) is 0.634. The number of amides is 2. The molecule has 0 aliphatic heterocycles. The van der Waals surface area contributed by atoms with Crippen LogP contribution in [0.2, 0.25) is 0 Å². The van der Waals surface area contributed by atoms with Crippen LogP contribution in [0.4, 0.5) is 11.4 Å². The summed E-state index contributed by atoms with van der Waals surface area (Å²) in [5, 5.41) is 14.8. The van der Waals surface area contributed by atoms with Crippen molar-refractivity contribution >= 4 is 23.2 Å². The first-order chi connectivity index (χ1) is 12.1. The number of benzene rings is 3. The minimum atomic E-state index is -0.352. The van der Waals surface area contributed by atoms with Gasteiger partial charge in [-0.3, -0.25) is 9.59 Å². The molecule has 0 saturated heterocycles. The maximum atomic E-state index is 12.5. The van der Waals surface area contributed by atoms with Crippen LogP contribution in [0, 0.1) is 0 Å². The molecule has 0 heterocycles. The molecule has 0 aliphatic carbocycles. The zero-order valence-corrected chi connectivity index (χ0v) is 13.3. The third-order valence-electron chi connectivity index (χ3n) is 3.58. The van der Waals surface area contributed by atoms with Crippen LogP contribution in [0.1, 0.15) is 20.7 Å². The third-order valence-corrected chi connectivity index (χ3v) is 3.58. The Morgan fingerprint density at radius 1 is 0.680 bits per heavy atom. The fourth-order valence-corrected chi connectivity index (χ4v) is 2.32. The summed E-state index contributed by atoms with van der Waals surface area (Å²) in [7, 11) is 0. The molecule has 3 aromatic carbocycles. The molecular weight excluding hydrogens is 316 g/mol. The zero-order valence-electron chi connectivity index (χ0n) is 13.3. The van der Waals surface area contributed by atoms with Gasteiger partial charge in [-0.2, -0.15) is 0 Å². The van der Waals surface area contributed by atoms with E-state index in [2.05, 4.69) is 10.6 Å². The molecule has 0 aromatic heterocycles.